The summed E-state index contributed by atoms with van der Waals surface area (Å²) in [6.07, 6.45) is 0. The highest BCUT2D eigenvalue weighted by atomic mass is 16.3. The molecule has 2 heterocycles. The fraction of sp³-hybridized carbons (Fsp3) is 0. The topological polar surface area (TPSA) is 51.8 Å². The van der Waals surface area contributed by atoms with Gasteiger partial charge >= 0.3 is 0 Å². The Hall–Kier alpha value is -5.55. The molecule has 0 aliphatic rings. The molecule has 222 valence electrons. The van der Waals surface area contributed by atoms with E-state index in [1.165, 1.54) is 32.9 Å². The van der Waals surface area contributed by atoms with Gasteiger partial charge in [-0.2, -0.15) is 0 Å². The normalized spacial score (nSPS) is 11.3. The SMILES string of the molecule is Bc1c(B)c(B)c(-c2cccc(-c3nc(-c4ccccc4)nc(-c4ccc5c(c4)oc4cccc(-c6ccccc6)c45)n3)c2)c(B)c1B. The van der Waals surface area contributed by atoms with Crippen LogP contribution >= 0.6 is 0 Å². The van der Waals surface area contributed by atoms with Crippen LogP contribution in [-0.4, -0.2) is 54.2 Å². The molecule has 0 aliphatic carbocycles. The third kappa shape index (κ3) is 5.07. The predicted molar refractivity (Wildman–Crippen MR) is 215 cm³/mol. The van der Waals surface area contributed by atoms with Gasteiger partial charge in [-0.25, -0.2) is 15.0 Å². The van der Waals surface area contributed by atoms with Crippen LogP contribution < -0.4 is 27.3 Å². The van der Waals surface area contributed by atoms with Crippen molar-refractivity contribution < 1.29 is 4.42 Å². The molecule has 8 rings (SSSR count). The number of furan rings is 1. The molecule has 0 amide bonds. The molecule has 0 unspecified atom stereocenters. The van der Waals surface area contributed by atoms with Crippen molar-refractivity contribution in [3.05, 3.63) is 121 Å². The molecule has 0 radical (unpaired) electrons. The third-order valence-corrected chi connectivity index (χ3v) is 9.92. The van der Waals surface area contributed by atoms with Crippen LogP contribution in [0.4, 0.5) is 0 Å². The van der Waals surface area contributed by atoms with Crippen molar-refractivity contribution in [3.63, 3.8) is 0 Å². The molecular weight excluding hydrogens is 581 g/mol. The highest BCUT2D eigenvalue weighted by Gasteiger charge is 2.18. The van der Waals surface area contributed by atoms with Crippen molar-refractivity contribution in [2.24, 2.45) is 0 Å². The molecule has 2 aromatic heterocycles. The van der Waals surface area contributed by atoms with Crippen molar-refractivity contribution in [1.82, 2.24) is 15.0 Å². The van der Waals surface area contributed by atoms with E-state index in [-0.39, 0.29) is 0 Å². The Labute approximate surface area is 284 Å². The van der Waals surface area contributed by atoms with Crippen molar-refractivity contribution in [3.8, 4) is 56.4 Å². The highest BCUT2D eigenvalue weighted by Crippen LogP contribution is 2.38. The maximum Gasteiger partial charge on any atom is 0.164 e. The molecule has 0 saturated heterocycles. The van der Waals surface area contributed by atoms with E-state index in [9.17, 15) is 0 Å². The van der Waals surface area contributed by atoms with Gasteiger partial charge in [0.05, 0.1) is 0 Å². The number of hydrogen-bond donors (Lipinski definition) is 0. The molecule has 0 N–H and O–H groups in total. The summed E-state index contributed by atoms with van der Waals surface area (Å²) in [6.45, 7) is 0. The van der Waals surface area contributed by atoms with Gasteiger partial charge in [0.2, 0.25) is 0 Å². The first-order valence-corrected chi connectivity index (χ1v) is 16.4. The maximum atomic E-state index is 6.45. The van der Waals surface area contributed by atoms with Gasteiger partial charge in [-0.05, 0) is 46.5 Å². The summed E-state index contributed by atoms with van der Waals surface area (Å²) in [5, 5.41) is 2.17. The van der Waals surface area contributed by atoms with Crippen LogP contribution in [0.1, 0.15) is 0 Å². The molecule has 0 atom stereocenters. The van der Waals surface area contributed by atoms with E-state index in [2.05, 4.69) is 118 Å². The lowest BCUT2D eigenvalue weighted by Gasteiger charge is -2.20. The number of rotatable bonds is 5. The van der Waals surface area contributed by atoms with Gasteiger partial charge in [-0.15, -0.1) is 16.4 Å². The van der Waals surface area contributed by atoms with Crippen LogP contribution in [0.3, 0.4) is 0 Å². The monoisotopic (exact) mass is 611 g/mol. The van der Waals surface area contributed by atoms with Gasteiger partial charge in [0.25, 0.3) is 0 Å². The summed E-state index contributed by atoms with van der Waals surface area (Å²) in [6, 6.07) is 41.7. The minimum atomic E-state index is 0.601. The Morgan fingerprint density at radius 2 is 0.917 bits per heavy atom. The lowest BCUT2D eigenvalue weighted by Crippen LogP contribution is -2.55. The van der Waals surface area contributed by atoms with E-state index >= 15 is 0 Å². The molecule has 8 aromatic rings. The second kappa shape index (κ2) is 11.9. The molecule has 0 aliphatic heterocycles. The van der Waals surface area contributed by atoms with Crippen LogP contribution in [0.5, 0.6) is 0 Å². The molecule has 9 heteroatoms. The quantitative estimate of drug-likeness (QED) is 0.277. The molecular formula is C39H30B5N3O. The summed E-state index contributed by atoms with van der Waals surface area (Å²) in [5.41, 5.74) is 15.8. The maximum absolute atomic E-state index is 6.45. The van der Waals surface area contributed by atoms with E-state index < -0.39 is 0 Å². The predicted octanol–water partition coefficient (Wildman–Crippen LogP) is 1.40. The Morgan fingerprint density at radius 3 is 1.58 bits per heavy atom. The molecule has 48 heavy (non-hydrogen) atoms. The smallest absolute Gasteiger partial charge is 0.164 e. The summed E-state index contributed by atoms with van der Waals surface area (Å²) in [7, 11) is 11.1. The van der Waals surface area contributed by atoms with Gasteiger partial charge in [-0.1, -0.05) is 108 Å². The molecule has 0 fully saturated rings. The Kier molecular flexibility index (Phi) is 7.41. The van der Waals surface area contributed by atoms with E-state index in [0.717, 1.165) is 55.3 Å². The summed E-state index contributed by atoms with van der Waals surface area (Å²) < 4.78 is 6.45. The van der Waals surface area contributed by atoms with Crippen LogP contribution in [-0.2, 0) is 0 Å². The van der Waals surface area contributed by atoms with Gasteiger partial charge in [0, 0.05) is 27.5 Å². The number of fused-ring (bicyclic) bond motifs is 3. The van der Waals surface area contributed by atoms with Crippen molar-refractivity contribution in [1.29, 1.82) is 0 Å². The summed E-state index contributed by atoms with van der Waals surface area (Å²) in [4.78, 5) is 15.1. The first-order valence-electron chi connectivity index (χ1n) is 16.4. The number of aromatic nitrogens is 3. The van der Waals surface area contributed by atoms with E-state index in [1.54, 1.807) is 0 Å². The van der Waals surface area contributed by atoms with Crippen molar-refractivity contribution >= 4 is 88.5 Å². The first-order chi connectivity index (χ1) is 23.4. The highest BCUT2D eigenvalue weighted by molar-refractivity contribution is 6.68. The Bertz CT molecular complexity index is 2490. The second-order valence-corrected chi connectivity index (χ2v) is 12.6. The number of hydrogen-bond acceptors (Lipinski definition) is 4. The zero-order chi connectivity index (χ0) is 32.9. The molecule has 0 spiro atoms. The van der Waals surface area contributed by atoms with Gasteiger partial charge in [0.15, 0.2) is 17.5 Å². The van der Waals surface area contributed by atoms with E-state index in [4.69, 9.17) is 19.4 Å². The van der Waals surface area contributed by atoms with E-state index in [0.29, 0.717) is 17.5 Å². The molecule has 4 nitrogen and oxygen atoms in total. The van der Waals surface area contributed by atoms with Gasteiger partial charge < -0.3 is 4.42 Å². The van der Waals surface area contributed by atoms with E-state index in [1.807, 2.05) is 42.5 Å². The van der Waals surface area contributed by atoms with Crippen LogP contribution in [0.2, 0.25) is 0 Å². The van der Waals surface area contributed by atoms with Crippen LogP contribution in [0, 0.1) is 0 Å². The average Bonchev–Trinajstić information content (AvgIpc) is 3.52. The second-order valence-electron chi connectivity index (χ2n) is 12.6. The van der Waals surface area contributed by atoms with Gasteiger partial charge in [0.1, 0.15) is 50.4 Å². The van der Waals surface area contributed by atoms with Gasteiger partial charge in [-0.3, -0.25) is 0 Å². The standard InChI is InChI=1S/C39H30B5N3O/c40-32-30(33(41)35(43)36(44)34(32)42)23-13-7-14-24(19-23)38-45-37(22-11-5-2-6-12-22)46-39(47-38)25-17-18-27-29(20-25)48-28-16-8-15-26(31(27)28)21-9-3-1-4-10-21/h1-20H,40-44H2. The number of nitrogens with zero attached hydrogens (tertiary/aromatic N) is 3. The zero-order valence-corrected chi connectivity index (χ0v) is 27.8. The van der Waals surface area contributed by atoms with Crippen LogP contribution in [0.15, 0.2) is 126 Å². The molecule has 0 bridgehead atoms. The van der Waals surface area contributed by atoms with Crippen molar-refractivity contribution in [2.45, 2.75) is 0 Å². The number of benzene rings is 6. The summed E-state index contributed by atoms with van der Waals surface area (Å²) in [5.74, 6) is 1.86. The fourth-order valence-corrected chi connectivity index (χ4v) is 6.92. The lowest BCUT2D eigenvalue weighted by molar-refractivity contribution is 0.669. The molecule has 0 saturated carbocycles. The summed E-state index contributed by atoms with van der Waals surface area (Å²) >= 11 is 0. The first kappa shape index (κ1) is 29.8. The Balaban J connectivity index is 1.29. The average molecular weight is 611 g/mol. The van der Waals surface area contributed by atoms with Crippen LogP contribution in [0.25, 0.3) is 78.4 Å². The fourth-order valence-electron chi connectivity index (χ4n) is 6.92. The minimum absolute atomic E-state index is 0.601. The van der Waals surface area contributed by atoms with Crippen molar-refractivity contribution in [2.75, 3.05) is 0 Å². The third-order valence-electron chi connectivity index (χ3n) is 9.92. The Morgan fingerprint density at radius 1 is 0.396 bits per heavy atom. The lowest BCUT2D eigenvalue weighted by atomic mass is 9.59. The minimum Gasteiger partial charge on any atom is -0.456 e. The molecule has 6 aromatic carbocycles. The zero-order valence-electron chi connectivity index (χ0n) is 27.8. The largest absolute Gasteiger partial charge is 0.456 e.